The van der Waals surface area contributed by atoms with E-state index in [-0.39, 0.29) is 0 Å². The molecule has 6 nitrogen and oxygen atoms in total. The van der Waals surface area contributed by atoms with Gasteiger partial charge in [0.05, 0.1) is 12.1 Å². The summed E-state index contributed by atoms with van der Waals surface area (Å²) in [6.07, 6.45) is -0.526. The van der Waals surface area contributed by atoms with Gasteiger partial charge in [-0.2, -0.15) is 0 Å². The molecule has 4 N–H and O–H groups in total. The van der Waals surface area contributed by atoms with Gasteiger partial charge in [0.25, 0.3) is 0 Å². The molecule has 100 valence electrons. The first-order chi connectivity index (χ1) is 7.79. The maximum absolute atomic E-state index is 11.8. The number of carbonyl (C=O) groups excluding carboxylic acids is 1. The van der Waals surface area contributed by atoms with Gasteiger partial charge < -0.3 is 20.8 Å². The largest absolute Gasteiger partial charge is 0.480 e. The normalized spacial score (nSPS) is 16.4. The van der Waals surface area contributed by atoms with Crippen molar-refractivity contribution in [1.82, 2.24) is 10.6 Å². The molecule has 0 bridgehead atoms. The Morgan fingerprint density at radius 3 is 2.06 bits per heavy atom. The van der Waals surface area contributed by atoms with Crippen LogP contribution < -0.4 is 10.6 Å². The van der Waals surface area contributed by atoms with Crippen molar-refractivity contribution >= 4 is 11.9 Å². The van der Waals surface area contributed by atoms with Gasteiger partial charge in [-0.25, -0.2) is 4.79 Å². The van der Waals surface area contributed by atoms with Crippen molar-refractivity contribution in [2.45, 2.75) is 45.4 Å². The molecule has 0 aliphatic rings. The monoisotopic (exact) mass is 246 g/mol. The van der Waals surface area contributed by atoms with E-state index in [1.807, 2.05) is 13.8 Å². The van der Waals surface area contributed by atoms with Crippen LogP contribution in [0.4, 0.5) is 0 Å². The van der Waals surface area contributed by atoms with E-state index in [4.69, 9.17) is 5.11 Å². The number of carboxylic acids is 1. The number of aliphatic hydroxyl groups excluding tert-OH is 1. The molecule has 6 heteroatoms. The Morgan fingerprint density at radius 1 is 1.24 bits per heavy atom. The third-order valence-corrected chi connectivity index (χ3v) is 2.42. The molecule has 0 heterocycles. The van der Waals surface area contributed by atoms with Crippen LogP contribution in [0, 0.1) is 5.92 Å². The molecule has 0 saturated heterocycles. The zero-order chi connectivity index (χ0) is 13.6. The maximum atomic E-state index is 11.8. The van der Waals surface area contributed by atoms with E-state index in [1.165, 1.54) is 6.92 Å². The van der Waals surface area contributed by atoms with Crippen molar-refractivity contribution in [2.75, 3.05) is 7.05 Å². The summed E-state index contributed by atoms with van der Waals surface area (Å²) in [5.74, 6) is -1.34. The van der Waals surface area contributed by atoms with Gasteiger partial charge in [-0.15, -0.1) is 0 Å². The molecule has 3 atom stereocenters. The van der Waals surface area contributed by atoms with Gasteiger partial charge in [0, 0.05) is 0 Å². The highest BCUT2D eigenvalue weighted by Crippen LogP contribution is 2.05. The van der Waals surface area contributed by atoms with Crippen molar-refractivity contribution < 1.29 is 19.8 Å². The summed E-state index contributed by atoms with van der Waals surface area (Å²) in [4.78, 5) is 22.6. The first kappa shape index (κ1) is 15.9. The van der Waals surface area contributed by atoms with E-state index in [1.54, 1.807) is 7.05 Å². The molecule has 0 saturated carbocycles. The number of likely N-dealkylation sites (N-methyl/N-ethyl adjacent to an activating group) is 1. The summed E-state index contributed by atoms with van der Waals surface area (Å²) in [6, 6.07) is -1.72. The van der Waals surface area contributed by atoms with Crippen LogP contribution in [0.3, 0.4) is 0 Å². The van der Waals surface area contributed by atoms with E-state index in [0.717, 1.165) is 0 Å². The second-order valence-electron chi connectivity index (χ2n) is 4.54. The number of nitrogens with one attached hydrogen (secondary N) is 2. The van der Waals surface area contributed by atoms with Crippen LogP contribution in [-0.4, -0.2) is 47.3 Å². The average molecular weight is 246 g/mol. The topological polar surface area (TPSA) is 98.7 Å². The minimum absolute atomic E-state index is 0.313. The molecule has 0 aromatic heterocycles. The van der Waals surface area contributed by atoms with Crippen LogP contribution in [-0.2, 0) is 9.59 Å². The summed E-state index contributed by atoms with van der Waals surface area (Å²) in [5.41, 5.74) is 0. The molecule has 1 amide bonds. The van der Waals surface area contributed by atoms with Crippen molar-refractivity contribution in [2.24, 2.45) is 5.92 Å². The number of hydrogen-bond acceptors (Lipinski definition) is 4. The zero-order valence-corrected chi connectivity index (χ0v) is 10.7. The fourth-order valence-corrected chi connectivity index (χ4v) is 1.47. The van der Waals surface area contributed by atoms with Crippen LogP contribution in [0.5, 0.6) is 0 Å². The van der Waals surface area contributed by atoms with Crippen molar-refractivity contribution in [3.05, 3.63) is 0 Å². The molecule has 0 aliphatic carbocycles. The Bertz CT molecular complexity index is 266. The van der Waals surface area contributed by atoms with Crippen LogP contribution in [0.2, 0.25) is 0 Å². The molecule has 0 aromatic rings. The van der Waals surface area contributed by atoms with Gasteiger partial charge in [-0.1, -0.05) is 13.8 Å². The Labute approximate surface area is 101 Å². The molecule has 2 unspecified atom stereocenters. The predicted molar refractivity (Wildman–Crippen MR) is 63.6 cm³/mol. The van der Waals surface area contributed by atoms with Gasteiger partial charge in [0.15, 0.2) is 6.04 Å². The van der Waals surface area contributed by atoms with Crippen molar-refractivity contribution in [3.63, 3.8) is 0 Å². The van der Waals surface area contributed by atoms with Gasteiger partial charge in [-0.05, 0) is 26.3 Å². The zero-order valence-electron chi connectivity index (χ0n) is 10.7. The number of aliphatic hydroxyl groups is 1. The lowest BCUT2D eigenvalue weighted by atomic mass is 10.0. The van der Waals surface area contributed by atoms with Gasteiger partial charge >= 0.3 is 5.97 Å². The number of hydrogen-bond donors (Lipinski definition) is 4. The number of amides is 1. The number of carbonyl (C=O) groups is 2. The molecule has 0 aromatic carbocycles. The second kappa shape index (κ2) is 7.24. The van der Waals surface area contributed by atoms with E-state index in [9.17, 15) is 14.7 Å². The van der Waals surface area contributed by atoms with Gasteiger partial charge in [-0.3, -0.25) is 4.79 Å². The number of carboxylic acid groups (broad SMARTS) is 1. The SMILES string of the molecule is CNC(CC(C)C)C(=O)N[C@@H](C(=O)O)C(C)O. The molecular weight excluding hydrogens is 224 g/mol. The Hall–Kier alpha value is -1.14. The highest BCUT2D eigenvalue weighted by Gasteiger charge is 2.28. The lowest BCUT2D eigenvalue weighted by Crippen LogP contribution is -2.53. The highest BCUT2D eigenvalue weighted by molar-refractivity contribution is 5.87. The summed E-state index contributed by atoms with van der Waals surface area (Å²) in [6.45, 7) is 5.28. The lowest BCUT2D eigenvalue weighted by molar-refractivity contribution is -0.145. The minimum atomic E-state index is -1.27. The standard InChI is InChI=1S/C11H22N2O4/c1-6(2)5-8(12-4)10(15)13-9(7(3)14)11(16)17/h6-9,12,14H,5H2,1-4H3,(H,13,15)(H,16,17)/t7?,8?,9-/m1/s1. The second-order valence-corrected chi connectivity index (χ2v) is 4.54. The fourth-order valence-electron chi connectivity index (χ4n) is 1.47. The van der Waals surface area contributed by atoms with E-state index >= 15 is 0 Å². The number of rotatable bonds is 7. The number of aliphatic carboxylic acids is 1. The van der Waals surface area contributed by atoms with Gasteiger partial charge in [0.1, 0.15) is 0 Å². The van der Waals surface area contributed by atoms with Gasteiger partial charge in [0.2, 0.25) is 5.91 Å². The Balaban J connectivity index is 4.52. The van der Waals surface area contributed by atoms with E-state index in [2.05, 4.69) is 10.6 Å². The molecule has 0 aliphatic heterocycles. The summed E-state index contributed by atoms with van der Waals surface area (Å²) in [7, 11) is 1.64. The fraction of sp³-hybridized carbons (Fsp3) is 0.818. The van der Waals surface area contributed by atoms with Crippen molar-refractivity contribution in [1.29, 1.82) is 0 Å². The predicted octanol–water partition coefficient (Wildman–Crippen LogP) is -0.429. The molecule has 17 heavy (non-hydrogen) atoms. The third kappa shape index (κ3) is 5.65. The summed E-state index contributed by atoms with van der Waals surface area (Å²) < 4.78 is 0. The molecule has 0 radical (unpaired) electrons. The van der Waals surface area contributed by atoms with Crippen LogP contribution in [0.1, 0.15) is 27.2 Å². The third-order valence-electron chi connectivity index (χ3n) is 2.42. The summed E-state index contributed by atoms with van der Waals surface area (Å²) in [5, 5.41) is 23.2. The maximum Gasteiger partial charge on any atom is 0.328 e. The highest BCUT2D eigenvalue weighted by atomic mass is 16.4. The smallest absolute Gasteiger partial charge is 0.328 e. The van der Waals surface area contributed by atoms with Crippen molar-refractivity contribution in [3.8, 4) is 0 Å². The first-order valence-electron chi connectivity index (χ1n) is 5.68. The molecule has 0 fully saturated rings. The summed E-state index contributed by atoms with van der Waals surface area (Å²) >= 11 is 0. The quantitative estimate of drug-likeness (QED) is 0.488. The van der Waals surface area contributed by atoms with Crippen LogP contribution in [0.15, 0.2) is 0 Å². The van der Waals surface area contributed by atoms with E-state index < -0.39 is 30.1 Å². The van der Waals surface area contributed by atoms with Crippen LogP contribution in [0.25, 0.3) is 0 Å². The lowest BCUT2D eigenvalue weighted by Gasteiger charge is -2.22. The Kier molecular flexibility index (Phi) is 6.75. The minimum Gasteiger partial charge on any atom is -0.480 e. The molecular formula is C11H22N2O4. The molecule has 0 spiro atoms. The average Bonchev–Trinajstić information content (AvgIpc) is 2.20. The molecule has 0 rings (SSSR count). The Morgan fingerprint density at radius 2 is 1.76 bits per heavy atom. The van der Waals surface area contributed by atoms with Crippen LogP contribution >= 0.6 is 0 Å². The first-order valence-corrected chi connectivity index (χ1v) is 5.68. The van der Waals surface area contributed by atoms with E-state index in [0.29, 0.717) is 12.3 Å².